The van der Waals surface area contributed by atoms with Crippen LogP contribution in [0.1, 0.15) is 75.8 Å². The zero-order chi connectivity index (χ0) is 23.1. The summed E-state index contributed by atoms with van der Waals surface area (Å²) in [7, 11) is 0. The average Bonchev–Trinajstić information content (AvgIpc) is 3.42. The van der Waals surface area contributed by atoms with Gasteiger partial charge in [0.2, 0.25) is 11.7 Å². The van der Waals surface area contributed by atoms with E-state index in [4.69, 9.17) is 20.4 Å². The average molecular weight is 454 g/mol. The second-order valence-corrected chi connectivity index (χ2v) is 8.02. The lowest BCUT2D eigenvalue weighted by Crippen LogP contribution is -2.35. The van der Waals surface area contributed by atoms with Crippen LogP contribution in [0.25, 0.3) is 11.4 Å². The number of hydrogen-bond donors (Lipinski definition) is 2. The standard InChI is InChI=1S/C22H30F3N5O2/c1-2-3-4-5-6-7-13-31-18-11-10-15(14-16(18)22(23,24)25)19-28-20(32-29-19)17-9-8-12-30(17)21(26)27/h10-11,14,17H,2-9,12-13H2,1H3,(H3,26,27)/t17-/m0/s1. The Hall–Kier alpha value is -2.78. The number of halogens is 3. The number of nitrogens with two attached hydrogens (primary N) is 1. The monoisotopic (exact) mass is 453 g/mol. The van der Waals surface area contributed by atoms with Crippen molar-refractivity contribution in [1.29, 1.82) is 5.41 Å². The molecule has 0 aliphatic carbocycles. The Labute approximate surface area is 185 Å². The molecule has 10 heteroatoms. The van der Waals surface area contributed by atoms with E-state index < -0.39 is 11.7 Å². The maximum absolute atomic E-state index is 13.7. The second kappa shape index (κ2) is 10.7. The van der Waals surface area contributed by atoms with E-state index >= 15 is 0 Å². The first-order valence-corrected chi connectivity index (χ1v) is 11.1. The number of hydrogen-bond acceptors (Lipinski definition) is 5. The molecule has 176 valence electrons. The van der Waals surface area contributed by atoms with Crippen LogP contribution < -0.4 is 10.5 Å². The fourth-order valence-corrected chi connectivity index (χ4v) is 3.88. The van der Waals surface area contributed by atoms with E-state index in [-0.39, 0.29) is 41.6 Å². The maximum atomic E-state index is 13.7. The number of aromatic nitrogens is 2. The summed E-state index contributed by atoms with van der Waals surface area (Å²) in [5, 5.41) is 11.5. The number of nitrogens with one attached hydrogen (secondary N) is 1. The van der Waals surface area contributed by atoms with E-state index in [1.165, 1.54) is 18.6 Å². The van der Waals surface area contributed by atoms with Gasteiger partial charge in [-0.2, -0.15) is 18.2 Å². The van der Waals surface area contributed by atoms with Gasteiger partial charge < -0.3 is 19.9 Å². The number of alkyl halides is 3. The molecule has 1 aliphatic rings. The van der Waals surface area contributed by atoms with Crippen molar-refractivity contribution in [1.82, 2.24) is 15.0 Å². The quantitative estimate of drug-likeness (QED) is 0.279. The van der Waals surface area contributed by atoms with Crippen molar-refractivity contribution in [2.24, 2.45) is 5.73 Å². The third-order valence-electron chi connectivity index (χ3n) is 5.59. The first-order valence-electron chi connectivity index (χ1n) is 11.1. The molecule has 1 atom stereocenters. The Kier molecular flexibility index (Phi) is 7.98. The first kappa shape index (κ1) is 23.9. The van der Waals surface area contributed by atoms with Crippen molar-refractivity contribution in [3.8, 4) is 17.1 Å². The molecule has 1 aliphatic heterocycles. The minimum atomic E-state index is -4.57. The molecule has 0 bridgehead atoms. The highest BCUT2D eigenvalue weighted by molar-refractivity contribution is 5.75. The predicted molar refractivity (Wildman–Crippen MR) is 114 cm³/mol. The van der Waals surface area contributed by atoms with Crippen LogP contribution in [-0.4, -0.2) is 34.2 Å². The first-order chi connectivity index (χ1) is 15.3. The van der Waals surface area contributed by atoms with Gasteiger partial charge in [-0.25, -0.2) is 0 Å². The minimum Gasteiger partial charge on any atom is -0.493 e. The number of benzene rings is 1. The molecule has 3 N–H and O–H groups in total. The fraction of sp³-hybridized carbons (Fsp3) is 0.591. The van der Waals surface area contributed by atoms with E-state index in [1.807, 2.05) is 0 Å². The van der Waals surface area contributed by atoms with Crippen molar-refractivity contribution in [3.63, 3.8) is 0 Å². The van der Waals surface area contributed by atoms with Gasteiger partial charge >= 0.3 is 6.18 Å². The summed E-state index contributed by atoms with van der Waals surface area (Å²) in [4.78, 5) is 5.92. The van der Waals surface area contributed by atoms with Crippen LogP contribution in [0.3, 0.4) is 0 Å². The van der Waals surface area contributed by atoms with Crippen LogP contribution in [0.4, 0.5) is 13.2 Å². The van der Waals surface area contributed by atoms with Crippen molar-refractivity contribution in [2.45, 2.75) is 70.5 Å². The molecule has 0 saturated carbocycles. The Balaban J connectivity index is 1.71. The van der Waals surface area contributed by atoms with Gasteiger partial charge in [0.05, 0.1) is 12.2 Å². The van der Waals surface area contributed by atoms with Crippen molar-refractivity contribution in [2.75, 3.05) is 13.2 Å². The van der Waals surface area contributed by atoms with E-state index in [0.29, 0.717) is 19.4 Å². The summed E-state index contributed by atoms with van der Waals surface area (Å²) in [5.41, 5.74) is 4.91. The Bertz CT molecular complexity index is 900. The van der Waals surface area contributed by atoms with E-state index in [1.54, 1.807) is 4.90 Å². The normalized spacial score (nSPS) is 16.5. The molecule has 1 aromatic carbocycles. The molecule has 1 fully saturated rings. The van der Waals surface area contributed by atoms with E-state index in [2.05, 4.69) is 17.1 Å². The number of unbranched alkanes of at least 4 members (excludes halogenated alkanes) is 5. The second-order valence-electron chi connectivity index (χ2n) is 8.02. The summed E-state index contributed by atoms with van der Waals surface area (Å²) in [6, 6.07) is 3.46. The van der Waals surface area contributed by atoms with E-state index in [0.717, 1.165) is 38.2 Å². The smallest absolute Gasteiger partial charge is 0.419 e. The van der Waals surface area contributed by atoms with Gasteiger partial charge in [0.1, 0.15) is 11.8 Å². The molecule has 2 aromatic rings. The lowest BCUT2D eigenvalue weighted by Gasteiger charge is -2.21. The summed E-state index contributed by atoms with van der Waals surface area (Å²) in [5.74, 6) is 0.00332. The van der Waals surface area contributed by atoms with Crippen LogP contribution >= 0.6 is 0 Å². The van der Waals surface area contributed by atoms with Crippen LogP contribution in [0, 0.1) is 5.41 Å². The van der Waals surface area contributed by atoms with Crippen molar-refractivity contribution in [3.05, 3.63) is 29.7 Å². The number of guanidine groups is 1. The molecule has 0 unspecified atom stereocenters. The molecule has 1 aromatic heterocycles. The molecule has 7 nitrogen and oxygen atoms in total. The topological polar surface area (TPSA) is 101 Å². The van der Waals surface area contributed by atoms with Gasteiger partial charge in [-0.15, -0.1) is 0 Å². The lowest BCUT2D eigenvalue weighted by atomic mass is 10.1. The molecule has 0 radical (unpaired) electrons. The summed E-state index contributed by atoms with van der Waals surface area (Å²) in [6.45, 7) is 2.97. The van der Waals surface area contributed by atoms with Crippen LogP contribution in [-0.2, 0) is 6.18 Å². The molecule has 2 heterocycles. The minimum absolute atomic E-state index is 0.0587. The SMILES string of the molecule is CCCCCCCCOc1ccc(-c2noc([C@@H]3CCCN3C(=N)N)n2)cc1C(F)(F)F. The molecule has 3 rings (SSSR count). The van der Waals surface area contributed by atoms with Gasteiger partial charge in [0.15, 0.2) is 5.96 Å². The molecule has 32 heavy (non-hydrogen) atoms. The third-order valence-corrected chi connectivity index (χ3v) is 5.59. The molecule has 0 spiro atoms. The maximum Gasteiger partial charge on any atom is 0.419 e. The van der Waals surface area contributed by atoms with Crippen molar-refractivity contribution < 1.29 is 22.4 Å². The fourth-order valence-electron chi connectivity index (χ4n) is 3.88. The Morgan fingerprint density at radius 2 is 2.00 bits per heavy atom. The Morgan fingerprint density at radius 3 is 2.72 bits per heavy atom. The van der Waals surface area contributed by atoms with Gasteiger partial charge in [0, 0.05) is 12.1 Å². The lowest BCUT2D eigenvalue weighted by molar-refractivity contribution is -0.138. The zero-order valence-corrected chi connectivity index (χ0v) is 18.2. The van der Waals surface area contributed by atoms with Gasteiger partial charge in [-0.05, 0) is 37.5 Å². The highest BCUT2D eigenvalue weighted by Crippen LogP contribution is 2.39. The Morgan fingerprint density at radius 1 is 1.25 bits per heavy atom. The van der Waals surface area contributed by atoms with Gasteiger partial charge in [0.25, 0.3) is 0 Å². The summed E-state index contributed by atoms with van der Waals surface area (Å²) >= 11 is 0. The summed E-state index contributed by atoms with van der Waals surface area (Å²) < 4.78 is 51.7. The van der Waals surface area contributed by atoms with Crippen LogP contribution in [0.15, 0.2) is 22.7 Å². The number of nitrogens with zero attached hydrogens (tertiary/aromatic N) is 3. The largest absolute Gasteiger partial charge is 0.493 e. The van der Waals surface area contributed by atoms with Gasteiger partial charge in [-0.3, -0.25) is 5.41 Å². The summed E-state index contributed by atoms with van der Waals surface area (Å²) in [6.07, 6.45) is 3.08. The molecular weight excluding hydrogens is 423 g/mol. The highest BCUT2D eigenvalue weighted by Gasteiger charge is 2.36. The zero-order valence-electron chi connectivity index (χ0n) is 18.2. The highest BCUT2D eigenvalue weighted by atomic mass is 19.4. The molecule has 0 amide bonds. The number of likely N-dealkylation sites (tertiary alicyclic amines) is 1. The third kappa shape index (κ3) is 5.92. The predicted octanol–water partition coefficient (Wildman–Crippen LogP) is 5.53. The number of rotatable bonds is 10. The van der Waals surface area contributed by atoms with Gasteiger partial charge in [-0.1, -0.05) is 44.2 Å². The van der Waals surface area contributed by atoms with E-state index in [9.17, 15) is 13.2 Å². The number of ether oxygens (including phenoxy) is 1. The van der Waals surface area contributed by atoms with Crippen LogP contribution in [0.2, 0.25) is 0 Å². The molecular formula is C22H30F3N5O2. The van der Waals surface area contributed by atoms with Crippen LogP contribution in [0.5, 0.6) is 5.75 Å². The molecule has 1 saturated heterocycles. The van der Waals surface area contributed by atoms with Crippen molar-refractivity contribution >= 4 is 5.96 Å².